The molecule has 2 atom stereocenters. The van der Waals surface area contributed by atoms with Gasteiger partial charge in [-0.25, -0.2) is 4.98 Å². The van der Waals surface area contributed by atoms with Crippen LogP contribution >= 0.6 is 11.3 Å². The number of nitrogens with zero attached hydrogens (tertiary/aromatic N) is 1. The van der Waals surface area contributed by atoms with Gasteiger partial charge < -0.3 is 10.5 Å². The maximum absolute atomic E-state index is 6.21. The van der Waals surface area contributed by atoms with Gasteiger partial charge in [-0.15, -0.1) is 11.3 Å². The first-order valence-corrected chi connectivity index (χ1v) is 7.27. The zero-order chi connectivity index (χ0) is 13.0. The molecule has 2 unspecified atom stereocenters. The van der Waals surface area contributed by atoms with E-state index in [1.54, 1.807) is 11.3 Å². The molecule has 1 heterocycles. The van der Waals surface area contributed by atoms with Gasteiger partial charge >= 0.3 is 0 Å². The Morgan fingerprint density at radius 2 is 2.11 bits per heavy atom. The van der Waals surface area contributed by atoms with E-state index < -0.39 is 0 Å². The Labute approximate surface area is 112 Å². The third-order valence-electron chi connectivity index (χ3n) is 3.01. The Kier molecular flexibility index (Phi) is 4.69. The molecular formula is C14H20N2OS. The topological polar surface area (TPSA) is 48.1 Å². The minimum absolute atomic E-state index is 0.0236. The van der Waals surface area contributed by atoms with Gasteiger partial charge in [0.1, 0.15) is 0 Å². The normalized spacial score (nSPS) is 14.8. The number of ether oxygens (including phenoxy) is 1. The highest BCUT2D eigenvalue weighted by molar-refractivity contribution is 7.18. The summed E-state index contributed by atoms with van der Waals surface area (Å²) in [5.41, 5.74) is 7.27. The van der Waals surface area contributed by atoms with Crippen molar-refractivity contribution in [3.05, 3.63) is 29.3 Å². The third kappa shape index (κ3) is 3.07. The van der Waals surface area contributed by atoms with Gasteiger partial charge in [-0.2, -0.15) is 0 Å². The van der Waals surface area contributed by atoms with Crippen molar-refractivity contribution in [1.29, 1.82) is 0 Å². The van der Waals surface area contributed by atoms with Crippen molar-refractivity contribution in [1.82, 2.24) is 4.98 Å². The van der Waals surface area contributed by atoms with Crippen molar-refractivity contribution in [2.24, 2.45) is 5.73 Å². The zero-order valence-corrected chi connectivity index (χ0v) is 11.7. The molecule has 1 aromatic carbocycles. The van der Waals surface area contributed by atoms with E-state index in [0.29, 0.717) is 6.61 Å². The van der Waals surface area contributed by atoms with Crippen molar-refractivity contribution in [3.63, 3.8) is 0 Å². The molecule has 0 radical (unpaired) electrons. The molecule has 1 aromatic heterocycles. The molecule has 0 aliphatic carbocycles. The summed E-state index contributed by atoms with van der Waals surface area (Å²) in [6, 6.07) is 8.22. The molecule has 0 amide bonds. The summed E-state index contributed by atoms with van der Waals surface area (Å²) < 4.78 is 6.88. The Bertz CT molecular complexity index is 464. The van der Waals surface area contributed by atoms with Gasteiger partial charge in [0.2, 0.25) is 0 Å². The molecule has 2 N–H and O–H groups in total. The molecular weight excluding hydrogens is 244 g/mol. The van der Waals surface area contributed by atoms with Crippen molar-refractivity contribution in [2.45, 2.75) is 38.8 Å². The van der Waals surface area contributed by atoms with Crippen LogP contribution in [0.3, 0.4) is 0 Å². The van der Waals surface area contributed by atoms with Crippen LogP contribution in [0.1, 0.15) is 25.3 Å². The van der Waals surface area contributed by atoms with Gasteiger partial charge in [0.25, 0.3) is 0 Å². The molecule has 4 heteroatoms. The van der Waals surface area contributed by atoms with Crippen LogP contribution in [-0.4, -0.2) is 23.7 Å². The molecule has 0 saturated heterocycles. The predicted molar refractivity (Wildman–Crippen MR) is 77.0 cm³/mol. The number of fused-ring (bicyclic) bond motifs is 1. The van der Waals surface area contributed by atoms with Crippen LogP contribution in [0.5, 0.6) is 0 Å². The van der Waals surface area contributed by atoms with Crippen molar-refractivity contribution >= 4 is 21.6 Å². The number of hydrogen-bond acceptors (Lipinski definition) is 4. The fraction of sp³-hybridized carbons (Fsp3) is 0.500. The lowest BCUT2D eigenvalue weighted by molar-refractivity contribution is 0.0417. The van der Waals surface area contributed by atoms with Gasteiger partial charge in [-0.05, 0) is 25.5 Å². The van der Waals surface area contributed by atoms with Crippen LogP contribution in [0.15, 0.2) is 24.3 Å². The van der Waals surface area contributed by atoms with E-state index in [1.807, 2.05) is 25.1 Å². The molecule has 0 fully saturated rings. The second-order valence-corrected chi connectivity index (χ2v) is 5.46. The number of para-hydroxylation sites is 1. The lowest BCUT2D eigenvalue weighted by Crippen LogP contribution is -2.38. The fourth-order valence-corrected chi connectivity index (χ4v) is 3.14. The third-order valence-corrected chi connectivity index (χ3v) is 4.07. The van der Waals surface area contributed by atoms with E-state index in [9.17, 15) is 0 Å². The minimum atomic E-state index is 0.0236. The van der Waals surface area contributed by atoms with Crippen LogP contribution in [-0.2, 0) is 11.2 Å². The Hall–Kier alpha value is -0.970. The number of hydrogen-bond donors (Lipinski definition) is 1. The number of rotatable bonds is 6. The van der Waals surface area contributed by atoms with Crippen LogP contribution < -0.4 is 5.73 Å². The summed E-state index contributed by atoms with van der Waals surface area (Å²) in [5.74, 6) is 0. The quantitative estimate of drug-likeness (QED) is 0.872. The fourth-order valence-electron chi connectivity index (χ4n) is 2.10. The SMILES string of the molecule is CCOC(CC)C(N)Cc1nc2ccccc2s1. The molecule has 18 heavy (non-hydrogen) atoms. The summed E-state index contributed by atoms with van der Waals surface area (Å²) >= 11 is 1.72. The van der Waals surface area contributed by atoms with Crippen LogP contribution in [0.2, 0.25) is 0 Å². The molecule has 2 aromatic rings. The highest BCUT2D eigenvalue weighted by Crippen LogP contribution is 2.23. The smallest absolute Gasteiger partial charge is 0.0955 e. The van der Waals surface area contributed by atoms with E-state index >= 15 is 0 Å². The summed E-state index contributed by atoms with van der Waals surface area (Å²) in [6.07, 6.45) is 1.86. The van der Waals surface area contributed by atoms with Crippen LogP contribution in [0, 0.1) is 0 Å². The summed E-state index contributed by atoms with van der Waals surface area (Å²) in [5, 5.41) is 1.10. The largest absolute Gasteiger partial charge is 0.377 e. The van der Waals surface area contributed by atoms with E-state index in [2.05, 4.69) is 18.0 Å². The highest BCUT2D eigenvalue weighted by atomic mass is 32.1. The highest BCUT2D eigenvalue weighted by Gasteiger charge is 2.18. The Morgan fingerprint density at radius 3 is 2.78 bits per heavy atom. The Morgan fingerprint density at radius 1 is 1.33 bits per heavy atom. The Balaban J connectivity index is 2.08. The number of thiazole rings is 1. The molecule has 0 aliphatic heterocycles. The standard InChI is InChI=1S/C14H20N2OS/c1-3-12(17-4-2)10(15)9-14-16-11-7-5-6-8-13(11)18-14/h5-8,10,12H,3-4,9,15H2,1-2H3. The molecule has 0 spiro atoms. The monoisotopic (exact) mass is 264 g/mol. The first-order valence-electron chi connectivity index (χ1n) is 6.46. The summed E-state index contributed by atoms with van der Waals surface area (Å²) in [6.45, 7) is 4.83. The molecule has 3 nitrogen and oxygen atoms in total. The van der Waals surface area contributed by atoms with Gasteiger partial charge in [-0.1, -0.05) is 19.1 Å². The second kappa shape index (κ2) is 6.27. The predicted octanol–water partition coefficient (Wildman–Crippen LogP) is 2.98. The lowest BCUT2D eigenvalue weighted by Gasteiger charge is -2.21. The number of aromatic nitrogens is 1. The van der Waals surface area contributed by atoms with E-state index in [4.69, 9.17) is 10.5 Å². The minimum Gasteiger partial charge on any atom is -0.377 e. The summed E-state index contributed by atoms with van der Waals surface area (Å²) in [4.78, 5) is 4.61. The lowest BCUT2D eigenvalue weighted by atomic mass is 10.1. The van der Waals surface area contributed by atoms with Gasteiger partial charge in [0, 0.05) is 19.1 Å². The second-order valence-electron chi connectivity index (χ2n) is 4.35. The van der Waals surface area contributed by atoms with E-state index in [-0.39, 0.29) is 12.1 Å². The average molecular weight is 264 g/mol. The maximum atomic E-state index is 6.21. The van der Waals surface area contributed by atoms with Gasteiger partial charge in [0.15, 0.2) is 0 Å². The van der Waals surface area contributed by atoms with E-state index in [0.717, 1.165) is 23.4 Å². The van der Waals surface area contributed by atoms with Gasteiger partial charge in [-0.3, -0.25) is 0 Å². The first kappa shape index (κ1) is 13.5. The molecule has 0 saturated carbocycles. The first-order chi connectivity index (χ1) is 8.74. The number of nitrogens with two attached hydrogens (primary N) is 1. The molecule has 2 rings (SSSR count). The van der Waals surface area contributed by atoms with Crippen LogP contribution in [0.25, 0.3) is 10.2 Å². The van der Waals surface area contributed by atoms with Crippen molar-refractivity contribution in [3.8, 4) is 0 Å². The van der Waals surface area contributed by atoms with Gasteiger partial charge in [0.05, 0.1) is 21.3 Å². The van der Waals surface area contributed by atoms with Crippen LogP contribution in [0.4, 0.5) is 0 Å². The average Bonchev–Trinajstić information content (AvgIpc) is 2.77. The zero-order valence-electron chi connectivity index (χ0n) is 10.9. The molecule has 98 valence electrons. The van der Waals surface area contributed by atoms with E-state index in [1.165, 1.54) is 4.70 Å². The summed E-state index contributed by atoms with van der Waals surface area (Å²) in [7, 11) is 0. The molecule has 0 aliphatic rings. The molecule has 0 bridgehead atoms. The van der Waals surface area contributed by atoms with Crippen molar-refractivity contribution < 1.29 is 4.74 Å². The number of benzene rings is 1. The van der Waals surface area contributed by atoms with Crippen molar-refractivity contribution in [2.75, 3.05) is 6.61 Å². The maximum Gasteiger partial charge on any atom is 0.0955 e.